The lowest BCUT2D eigenvalue weighted by molar-refractivity contribution is -0.382. The van der Waals surface area contributed by atoms with Gasteiger partial charge in [-0.3, -0.25) is 19.8 Å². The molecule has 3 aromatic rings. The number of fused-ring (bicyclic) bond motifs is 1. The normalized spacial score (nSPS) is 13.9. The molecular formula is C26H29N3O8. The second kappa shape index (κ2) is 11.4. The number of benzene rings is 2. The van der Waals surface area contributed by atoms with Gasteiger partial charge in [0.1, 0.15) is 5.69 Å². The molecule has 0 radical (unpaired) electrons. The molecule has 0 aliphatic carbocycles. The van der Waals surface area contributed by atoms with Crippen LogP contribution in [0.3, 0.4) is 0 Å². The van der Waals surface area contributed by atoms with E-state index in [2.05, 4.69) is 4.90 Å². The molecule has 0 spiro atoms. The van der Waals surface area contributed by atoms with Gasteiger partial charge in [-0.2, -0.15) is 0 Å². The molecule has 0 bridgehead atoms. The van der Waals surface area contributed by atoms with Crippen molar-refractivity contribution in [1.82, 2.24) is 9.47 Å². The van der Waals surface area contributed by atoms with Crippen LogP contribution in [0.15, 0.2) is 41.2 Å². The summed E-state index contributed by atoms with van der Waals surface area (Å²) in [6.07, 6.45) is 0.559. The Labute approximate surface area is 213 Å². The van der Waals surface area contributed by atoms with Gasteiger partial charge in [-0.25, -0.2) is 4.79 Å². The second-order valence-electron chi connectivity index (χ2n) is 8.51. The van der Waals surface area contributed by atoms with Crippen molar-refractivity contribution >= 4 is 22.4 Å². The number of carbonyl (C=O) groups excluding carboxylic acids is 1. The standard InChI is InChI=1S/C26H29N3O8/c1-34-21-15-19-20(16-22(21)35-2)25(30)28(10-6-9-27-11-13-37-14-12-27)23(24(19)29(32)33)17-7-4-5-8-18(17)26(31)36-3/h4-5,7-8,15-16H,6,9-14H2,1-3H3. The third-order valence-corrected chi connectivity index (χ3v) is 6.48. The van der Waals surface area contributed by atoms with Crippen LogP contribution in [0, 0.1) is 10.1 Å². The first-order chi connectivity index (χ1) is 17.9. The molecule has 0 amide bonds. The Hall–Kier alpha value is -3.96. The highest BCUT2D eigenvalue weighted by Gasteiger charge is 2.30. The van der Waals surface area contributed by atoms with Crippen LogP contribution < -0.4 is 15.0 Å². The minimum Gasteiger partial charge on any atom is -0.493 e. The Kier molecular flexibility index (Phi) is 8.04. The molecule has 1 fully saturated rings. The van der Waals surface area contributed by atoms with Crippen molar-refractivity contribution in [3.05, 3.63) is 62.4 Å². The monoisotopic (exact) mass is 511 g/mol. The predicted molar refractivity (Wildman–Crippen MR) is 137 cm³/mol. The van der Waals surface area contributed by atoms with Gasteiger partial charge in [0.15, 0.2) is 11.5 Å². The van der Waals surface area contributed by atoms with Gasteiger partial charge >= 0.3 is 11.7 Å². The Morgan fingerprint density at radius 2 is 1.68 bits per heavy atom. The minimum absolute atomic E-state index is 0.0395. The van der Waals surface area contributed by atoms with Crippen molar-refractivity contribution < 1.29 is 28.7 Å². The van der Waals surface area contributed by atoms with Crippen LogP contribution in [0.5, 0.6) is 11.5 Å². The summed E-state index contributed by atoms with van der Waals surface area (Å²) in [7, 11) is 4.08. The van der Waals surface area contributed by atoms with Crippen molar-refractivity contribution in [3.63, 3.8) is 0 Å². The molecule has 0 N–H and O–H groups in total. The maximum absolute atomic E-state index is 13.9. The average Bonchev–Trinajstić information content (AvgIpc) is 2.93. The number of nitro groups is 1. The average molecular weight is 512 g/mol. The number of nitrogens with zero attached hydrogens (tertiary/aromatic N) is 3. The fourth-order valence-electron chi connectivity index (χ4n) is 4.68. The van der Waals surface area contributed by atoms with Crippen molar-refractivity contribution in [2.75, 3.05) is 54.2 Å². The molecule has 2 aromatic carbocycles. The van der Waals surface area contributed by atoms with E-state index in [0.717, 1.165) is 13.1 Å². The van der Waals surface area contributed by atoms with Crippen molar-refractivity contribution in [2.24, 2.45) is 0 Å². The van der Waals surface area contributed by atoms with E-state index in [1.54, 1.807) is 18.2 Å². The topological polar surface area (TPSA) is 122 Å². The number of hydrogen-bond acceptors (Lipinski definition) is 9. The molecule has 0 unspecified atom stereocenters. The van der Waals surface area contributed by atoms with Crippen LogP contribution in [0.4, 0.5) is 5.69 Å². The number of esters is 1. The van der Waals surface area contributed by atoms with Gasteiger partial charge in [0.25, 0.3) is 5.56 Å². The van der Waals surface area contributed by atoms with Crippen LogP contribution in [-0.2, 0) is 16.0 Å². The van der Waals surface area contributed by atoms with Gasteiger partial charge in [0.05, 0.1) is 55.8 Å². The van der Waals surface area contributed by atoms with E-state index in [-0.39, 0.29) is 51.3 Å². The number of methoxy groups -OCH3 is 3. The fraction of sp³-hybridized carbons (Fsp3) is 0.385. The van der Waals surface area contributed by atoms with Crippen LogP contribution in [0.25, 0.3) is 22.0 Å². The summed E-state index contributed by atoms with van der Waals surface area (Å²) in [5.41, 5.74) is -0.343. The SMILES string of the molecule is COC(=O)c1ccccc1-c1c([N+](=O)[O-])c2cc(OC)c(OC)cc2c(=O)n1CCCN1CCOCC1. The minimum atomic E-state index is -0.662. The zero-order valence-electron chi connectivity index (χ0n) is 21.0. The third-order valence-electron chi connectivity index (χ3n) is 6.48. The maximum atomic E-state index is 13.9. The van der Waals surface area contributed by atoms with Crippen LogP contribution >= 0.6 is 0 Å². The van der Waals surface area contributed by atoms with Crippen LogP contribution in [-0.4, -0.2) is 74.5 Å². The Morgan fingerprint density at radius 1 is 1.03 bits per heavy atom. The molecule has 11 heteroatoms. The van der Waals surface area contributed by atoms with Gasteiger partial charge in [-0.1, -0.05) is 18.2 Å². The number of carbonyl (C=O) groups is 1. The van der Waals surface area contributed by atoms with E-state index in [0.29, 0.717) is 26.2 Å². The summed E-state index contributed by atoms with van der Waals surface area (Å²) in [4.78, 5) is 40.8. The highest BCUT2D eigenvalue weighted by atomic mass is 16.6. The lowest BCUT2D eigenvalue weighted by atomic mass is 9.98. The molecule has 11 nitrogen and oxygen atoms in total. The zero-order chi connectivity index (χ0) is 26.5. The second-order valence-corrected chi connectivity index (χ2v) is 8.51. The summed E-state index contributed by atoms with van der Waals surface area (Å²) in [5, 5.41) is 12.8. The Bertz CT molecular complexity index is 1380. The molecule has 4 rings (SSSR count). The zero-order valence-corrected chi connectivity index (χ0v) is 21.0. The lowest BCUT2D eigenvalue weighted by Crippen LogP contribution is -2.37. The van der Waals surface area contributed by atoms with Crippen molar-refractivity contribution in [2.45, 2.75) is 13.0 Å². The van der Waals surface area contributed by atoms with E-state index >= 15 is 0 Å². The number of morpholine rings is 1. The van der Waals surface area contributed by atoms with Crippen LogP contribution in [0.2, 0.25) is 0 Å². The highest BCUT2D eigenvalue weighted by Crippen LogP contribution is 2.41. The van der Waals surface area contributed by atoms with Crippen molar-refractivity contribution in [3.8, 4) is 22.8 Å². The first-order valence-electron chi connectivity index (χ1n) is 11.9. The van der Waals surface area contributed by atoms with Gasteiger partial charge in [-0.15, -0.1) is 0 Å². The van der Waals surface area contributed by atoms with Gasteiger partial charge in [0, 0.05) is 31.7 Å². The van der Waals surface area contributed by atoms with E-state index in [1.807, 2.05) is 0 Å². The predicted octanol–water partition coefficient (Wildman–Crippen LogP) is 3.10. The molecule has 1 saturated heterocycles. The maximum Gasteiger partial charge on any atom is 0.338 e. The largest absolute Gasteiger partial charge is 0.493 e. The molecule has 196 valence electrons. The molecule has 0 saturated carbocycles. The number of pyridine rings is 1. The van der Waals surface area contributed by atoms with E-state index in [1.165, 1.54) is 44.1 Å². The number of hydrogen-bond donors (Lipinski definition) is 0. The Morgan fingerprint density at radius 3 is 2.30 bits per heavy atom. The Balaban J connectivity index is 1.99. The lowest BCUT2D eigenvalue weighted by Gasteiger charge is -2.26. The first-order valence-corrected chi connectivity index (χ1v) is 11.9. The summed E-state index contributed by atoms with van der Waals surface area (Å²) in [6, 6.07) is 9.28. The van der Waals surface area contributed by atoms with Crippen LogP contribution in [0.1, 0.15) is 16.8 Å². The number of aromatic nitrogens is 1. The quantitative estimate of drug-likeness (QED) is 0.242. The summed E-state index contributed by atoms with van der Waals surface area (Å²) in [5.74, 6) is -0.136. The van der Waals surface area contributed by atoms with Gasteiger partial charge in [0.2, 0.25) is 0 Å². The van der Waals surface area contributed by atoms with Crippen molar-refractivity contribution in [1.29, 1.82) is 0 Å². The summed E-state index contributed by atoms with van der Waals surface area (Å²) in [6.45, 7) is 3.73. The molecule has 1 aromatic heterocycles. The number of rotatable bonds is 9. The molecular weight excluding hydrogens is 482 g/mol. The summed E-state index contributed by atoms with van der Waals surface area (Å²) >= 11 is 0. The summed E-state index contributed by atoms with van der Waals surface area (Å²) < 4.78 is 22.4. The van der Waals surface area contributed by atoms with E-state index in [4.69, 9.17) is 18.9 Å². The van der Waals surface area contributed by atoms with Gasteiger partial charge in [-0.05, 0) is 24.6 Å². The molecule has 1 aliphatic heterocycles. The van der Waals surface area contributed by atoms with E-state index in [9.17, 15) is 19.7 Å². The first kappa shape index (κ1) is 26.1. The van der Waals surface area contributed by atoms with Gasteiger partial charge < -0.3 is 23.5 Å². The molecule has 0 atom stereocenters. The third kappa shape index (κ3) is 5.13. The fourth-order valence-corrected chi connectivity index (χ4v) is 4.68. The van der Waals surface area contributed by atoms with E-state index < -0.39 is 16.5 Å². The number of ether oxygens (including phenoxy) is 4. The smallest absolute Gasteiger partial charge is 0.338 e. The highest BCUT2D eigenvalue weighted by molar-refractivity contribution is 6.03. The molecule has 1 aliphatic rings. The molecule has 37 heavy (non-hydrogen) atoms. The molecule has 2 heterocycles.